The van der Waals surface area contributed by atoms with Crippen LogP contribution < -0.4 is 0 Å². The molecule has 2 heterocycles. The Bertz CT molecular complexity index is 6540. The Morgan fingerprint density at radius 1 is 0.138 bits per heavy atom. The van der Waals surface area contributed by atoms with E-state index in [1.54, 1.807) is 0 Å². The van der Waals surface area contributed by atoms with Crippen LogP contribution in [0.3, 0.4) is 0 Å². The van der Waals surface area contributed by atoms with Gasteiger partial charge in [0.25, 0.3) is 0 Å². The molecule has 0 spiro atoms. The molecule has 0 bridgehead atoms. The Morgan fingerprint density at radius 3 is 1.03 bits per heavy atom. The van der Waals surface area contributed by atoms with Crippen molar-refractivity contribution >= 4 is 149 Å². The van der Waals surface area contributed by atoms with Crippen LogP contribution in [0.1, 0.15) is 0 Å². The zero-order chi connectivity index (χ0) is 61.5. The molecule has 0 unspecified atom stereocenters. The van der Waals surface area contributed by atoms with Gasteiger partial charge in [0.1, 0.15) is 0 Å². The van der Waals surface area contributed by atoms with Gasteiger partial charge in [-0.3, -0.25) is 0 Å². The van der Waals surface area contributed by atoms with E-state index in [1.165, 1.54) is 204 Å². The summed E-state index contributed by atoms with van der Waals surface area (Å²) in [7, 11) is 0. The Kier molecular flexibility index (Phi) is 11.9. The van der Waals surface area contributed by atoms with Crippen molar-refractivity contribution in [3.05, 3.63) is 328 Å². The Labute approximate surface area is 550 Å². The molecule has 0 aliphatic heterocycles. The number of hydrogen-bond donors (Lipinski definition) is 0. The van der Waals surface area contributed by atoms with E-state index in [-0.39, 0.29) is 0 Å². The van der Waals surface area contributed by atoms with E-state index in [4.69, 9.17) is 0 Å². The monoisotopic (exact) mass is 1220 g/mol. The van der Waals surface area contributed by atoms with Crippen molar-refractivity contribution in [1.29, 1.82) is 0 Å². The summed E-state index contributed by atoms with van der Waals surface area (Å²) in [6.07, 6.45) is 0. The third-order valence-electron chi connectivity index (χ3n) is 20.2. The molecule has 94 heavy (non-hydrogen) atoms. The number of fused-ring (bicyclic) bond motifs is 16. The van der Waals surface area contributed by atoms with Crippen molar-refractivity contribution < 1.29 is 0 Å². The Hall–Kier alpha value is -11.5. The van der Waals surface area contributed by atoms with Crippen LogP contribution in [0, 0.1) is 0 Å². The Morgan fingerprint density at radius 2 is 0.457 bits per heavy atom. The van der Waals surface area contributed by atoms with E-state index in [0.29, 0.717) is 0 Å². The number of rotatable bonds is 7. The summed E-state index contributed by atoms with van der Waals surface area (Å²) in [5.41, 5.74) is 17.3. The summed E-state index contributed by atoms with van der Waals surface area (Å²) in [4.78, 5) is 0. The van der Waals surface area contributed by atoms with Gasteiger partial charge in [-0.05, 0) is 183 Å². The van der Waals surface area contributed by atoms with Crippen LogP contribution in [0.2, 0.25) is 0 Å². The molecule has 0 saturated heterocycles. The zero-order valence-corrected chi connectivity index (χ0v) is 52.6. The zero-order valence-electron chi connectivity index (χ0n) is 51.0. The van der Waals surface area contributed by atoms with E-state index in [1.807, 2.05) is 22.7 Å². The normalized spacial score (nSPS) is 12.0. The molecule has 0 N–H and O–H groups in total. The molecule has 0 saturated carbocycles. The summed E-state index contributed by atoms with van der Waals surface area (Å²) >= 11 is 3.87. The average molecular weight is 1220 g/mol. The molecule has 0 atom stereocenters. The first-order chi connectivity index (χ1) is 46.6. The summed E-state index contributed by atoms with van der Waals surface area (Å²) in [6.45, 7) is 0. The number of benzene rings is 18. The lowest BCUT2D eigenvalue weighted by Gasteiger charge is -2.19. The lowest BCUT2D eigenvalue weighted by Crippen LogP contribution is -1.92. The van der Waals surface area contributed by atoms with Crippen molar-refractivity contribution in [1.82, 2.24) is 0 Å². The standard InChI is InChI=1S/C92H54S2/c1-3-19-60-50-63(40-36-55(60)16-1)57-34-38-59(39-35-57)85-71-24-7-12-29-76(71)88(83-33-15-31-78-80-48-42-58-18-5-6-23-69(58)89(80)93-92(78)83)84-54-66(44-47-77(84)85)65-43-46-70-67(52-65)45-49-81-79-30-14-32-82(91(79)94-90(70)81)87-74-27-10-8-25-72(74)86(73-26-9-11-28-75(73)87)68-22-13-21-62(53-68)64-41-37-56-17-2-4-20-61(56)51-64/h1-54H. The minimum Gasteiger partial charge on any atom is -0.134 e. The van der Waals surface area contributed by atoms with Crippen LogP contribution in [-0.2, 0) is 0 Å². The van der Waals surface area contributed by atoms with Crippen molar-refractivity contribution in [3.8, 4) is 77.9 Å². The molecule has 0 radical (unpaired) electrons. The molecule has 2 heteroatoms. The lowest BCUT2D eigenvalue weighted by molar-refractivity contribution is 1.63. The van der Waals surface area contributed by atoms with Crippen molar-refractivity contribution in [2.45, 2.75) is 0 Å². The van der Waals surface area contributed by atoms with Gasteiger partial charge in [-0.1, -0.05) is 297 Å². The molecule has 0 aliphatic carbocycles. The summed E-state index contributed by atoms with van der Waals surface area (Å²) in [6, 6.07) is 123. The fourth-order valence-electron chi connectivity index (χ4n) is 15.8. The van der Waals surface area contributed by atoms with E-state index < -0.39 is 0 Å². The second kappa shape index (κ2) is 21.0. The molecule has 20 rings (SSSR count). The maximum absolute atomic E-state index is 2.50. The minimum atomic E-state index is 1.19. The van der Waals surface area contributed by atoms with Crippen LogP contribution in [-0.4, -0.2) is 0 Å². The van der Waals surface area contributed by atoms with Gasteiger partial charge in [0.2, 0.25) is 0 Å². The quantitative estimate of drug-likeness (QED) is 0.140. The van der Waals surface area contributed by atoms with Crippen LogP contribution in [0.4, 0.5) is 0 Å². The van der Waals surface area contributed by atoms with Gasteiger partial charge in [0.05, 0.1) is 0 Å². The van der Waals surface area contributed by atoms with Gasteiger partial charge in [0.15, 0.2) is 0 Å². The van der Waals surface area contributed by atoms with Crippen LogP contribution >= 0.6 is 22.7 Å². The summed E-state index contributed by atoms with van der Waals surface area (Å²) in [5, 5.41) is 25.3. The highest BCUT2D eigenvalue weighted by atomic mass is 32.1. The number of hydrogen-bond acceptors (Lipinski definition) is 2. The van der Waals surface area contributed by atoms with E-state index in [0.717, 1.165) is 0 Å². The smallest absolute Gasteiger partial charge is 0.0434 e. The highest BCUT2D eigenvalue weighted by Gasteiger charge is 2.24. The SMILES string of the molecule is c1cc(-c2ccc3ccccc3c2)cc(-c2c3ccccc3c(-c3cccc4c3sc3c5ccc(-c6ccc7c(-c8ccc(-c9ccc%10ccccc%10c9)cc8)c8ccccc8c(-c8cccc9c8sc8c%10ccccc%10ccc98)c7c6)cc5ccc43)c3ccccc23)c1. The van der Waals surface area contributed by atoms with Crippen LogP contribution in [0.15, 0.2) is 328 Å². The van der Waals surface area contributed by atoms with E-state index >= 15 is 0 Å². The van der Waals surface area contributed by atoms with Crippen molar-refractivity contribution in [2.24, 2.45) is 0 Å². The highest BCUT2D eigenvalue weighted by molar-refractivity contribution is 7.27. The molecule has 0 fully saturated rings. The van der Waals surface area contributed by atoms with Crippen LogP contribution in [0.25, 0.3) is 204 Å². The molecule has 18 aromatic carbocycles. The molecule has 20 aromatic rings. The van der Waals surface area contributed by atoms with Gasteiger partial charge in [-0.25, -0.2) is 0 Å². The predicted molar refractivity (Wildman–Crippen MR) is 410 cm³/mol. The molecular formula is C92H54S2. The summed E-state index contributed by atoms with van der Waals surface area (Å²) < 4.78 is 5.28. The van der Waals surface area contributed by atoms with Gasteiger partial charge in [-0.2, -0.15) is 0 Å². The first-order valence-corrected chi connectivity index (χ1v) is 34.1. The average Bonchev–Trinajstić information content (AvgIpc) is 1.22. The third kappa shape index (κ3) is 8.23. The predicted octanol–water partition coefficient (Wildman–Crippen LogP) is 27.3. The first kappa shape index (κ1) is 53.2. The highest BCUT2D eigenvalue weighted by Crippen LogP contribution is 2.52. The molecule has 0 amide bonds. The largest absolute Gasteiger partial charge is 0.134 e. The van der Waals surface area contributed by atoms with E-state index in [2.05, 4.69) is 328 Å². The third-order valence-corrected chi connectivity index (χ3v) is 22.8. The fourth-order valence-corrected chi connectivity index (χ4v) is 18.5. The Balaban J connectivity index is 0.745. The van der Waals surface area contributed by atoms with Crippen LogP contribution in [0.5, 0.6) is 0 Å². The maximum atomic E-state index is 2.50. The van der Waals surface area contributed by atoms with Crippen molar-refractivity contribution in [2.75, 3.05) is 0 Å². The summed E-state index contributed by atoms with van der Waals surface area (Å²) in [5.74, 6) is 0. The molecule has 2 aromatic heterocycles. The molecule has 0 aliphatic rings. The van der Waals surface area contributed by atoms with Crippen molar-refractivity contribution in [3.63, 3.8) is 0 Å². The molecule has 0 nitrogen and oxygen atoms in total. The maximum Gasteiger partial charge on any atom is 0.0434 e. The first-order valence-electron chi connectivity index (χ1n) is 32.4. The van der Waals surface area contributed by atoms with Gasteiger partial charge < -0.3 is 0 Å². The van der Waals surface area contributed by atoms with E-state index in [9.17, 15) is 0 Å². The molecular weight excluding hydrogens is 1170 g/mol. The second-order valence-corrected chi connectivity index (χ2v) is 27.3. The van der Waals surface area contributed by atoms with Gasteiger partial charge in [0, 0.05) is 51.5 Å². The van der Waals surface area contributed by atoms with Gasteiger partial charge >= 0.3 is 0 Å². The number of thiophene rings is 2. The topological polar surface area (TPSA) is 0 Å². The fraction of sp³-hybridized carbons (Fsp3) is 0. The van der Waals surface area contributed by atoms with Gasteiger partial charge in [-0.15, -0.1) is 22.7 Å². The molecule has 434 valence electrons. The lowest BCUT2D eigenvalue weighted by atomic mass is 9.84. The minimum absolute atomic E-state index is 1.19. The second-order valence-electron chi connectivity index (χ2n) is 25.3.